The van der Waals surface area contributed by atoms with E-state index >= 15 is 0 Å². The molecule has 0 saturated carbocycles. The van der Waals surface area contributed by atoms with E-state index < -0.39 is 0 Å². The van der Waals surface area contributed by atoms with Crippen LogP contribution >= 0.6 is 0 Å². The third-order valence-electron chi connectivity index (χ3n) is 1.37. The molecule has 0 unspecified atom stereocenters. The number of carbonyl (C=O) groups is 1. The molecule has 3 nitrogen and oxygen atoms in total. The molecule has 0 amide bonds. The first-order valence-corrected chi connectivity index (χ1v) is 3.71. The highest BCUT2D eigenvalue weighted by Crippen LogP contribution is 2.00. The van der Waals surface area contributed by atoms with E-state index in [9.17, 15) is 4.79 Å². The van der Waals surface area contributed by atoms with E-state index in [1.165, 1.54) is 6.08 Å². The maximum Gasteiger partial charge on any atom is 0.184 e. The summed E-state index contributed by atoms with van der Waals surface area (Å²) >= 11 is 0. The first-order valence-electron chi connectivity index (χ1n) is 3.71. The summed E-state index contributed by atoms with van der Waals surface area (Å²) in [6.07, 6.45) is 2.32. The van der Waals surface area contributed by atoms with Crippen LogP contribution in [0.3, 0.4) is 0 Å². The molecule has 0 spiro atoms. The lowest BCUT2D eigenvalue weighted by Crippen LogP contribution is -2.05. The van der Waals surface area contributed by atoms with Crippen molar-refractivity contribution in [3.8, 4) is 0 Å². The number of hydrogen-bond donors (Lipinski definition) is 0. The summed E-state index contributed by atoms with van der Waals surface area (Å²) in [5, 5.41) is 0. The van der Waals surface area contributed by atoms with E-state index in [4.69, 9.17) is 9.47 Å². The molecule has 1 rings (SSSR count). The Labute approximate surface area is 66.0 Å². The number of hydrogen-bond acceptors (Lipinski definition) is 3. The quantitative estimate of drug-likeness (QED) is 0.522. The van der Waals surface area contributed by atoms with Crippen LogP contribution in [0.1, 0.15) is 13.3 Å². The Hall–Kier alpha value is -0.830. The van der Waals surface area contributed by atoms with E-state index in [0.29, 0.717) is 19.0 Å². The van der Waals surface area contributed by atoms with Crippen molar-refractivity contribution in [3.63, 3.8) is 0 Å². The maximum atomic E-state index is 10.9. The molecule has 0 aromatic carbocycles. The van der Waals surface area contributed by atoms with Gasteiger partial charge in [-0.15, -0.1) is 0 Å². The SMILES string of the molecule is C/C1=C/C(=O)COCCCO1. The summed E-state index contributed by atoms with van der Waals surface area (Å²) in [5.41, 5.74) is 0. The summed E-state index contributed by atoms with van der Waals surface area (Å²) in [5.74, 6) is 0.657. The van der Waals surface area contributed by atoms with Gasteiger partial charge in [-0.2, -0.15) is 0 Å². The van der Waals surface area contributed by atoms with E-state index in [2.05, 4.69) is 0 Å². The predicted molar refractivity (Wildman–Crippen MR) is 40.2 cm³/mol. The highest BCUT2D eigenvalue weighted by molar-refractivity contribution is 5.91. The van der Waals surface area contributed by atoms with Crippen molar-refractivity contribution in [2.24, 2.45) is 0 Å². The van der Waals surface area contributed by atoms with Gasteiger partial charge in [-0.25, -0.2) is 0 Å². The van der Waals surface area contributed by atoms with E-state index in [-0.39, 0.29) is 12.4 Å². The minimum atomic E-state index is -0.0237. The van der Waals surface area contributed by atoms with E-state index in [1.807, 2.05) is 0 Å². The monoisotopic (exact) mass is 156 g/mol. The topological polar surface area (TPSA) is 35.5 Å². The highest BCUT2D eigenvalue weighted by Gasteiger charge is 2.02. The van der Waals surface area contributed by atoms with Crippen LogP contribution in [-0.2, 0) is 14.3 Å². The zero-order valence-electron chi connectivity index (χ0n) is 6.63. The maximum absolute atomic E-state index is 10.9. The molecule has 0 bridgehead atoms. The Morgan fingerprint density at radius 3 is 3.09 bits per heavy atom. The summed E-state index contributed by atoms with van der Waals surface area (Å²) in [6, 6.07) is 0. The predicted octanol–water partition coefficient (Wildman–Crippen LogP) is 0.896. The van der Waals surface area contributed by atoms with Crippen LogP contribution in [0.5, 0.6) is 0 Å². The van der Waals surface area contributed by atoms with Gasteiger partial charge in [0.05, 0.1) is 19.0 Å². The normalized spacial score (nSPS) is 25.5. The van der Waals surface area contributed by atoms with Crippen LogP contribution < -0.4 is 0 Å². The van der Waals surface area contributed by atoms with Gasteiger partial charge in [0.2, 0.25) is 0 Å². The number of allylic oxidation sites excluding steroid dienone is 1. The molecule has 0 aliphatic carbocycles. The molecule has 0 aromatic heterocycles. The van der Waals surface area contributed by atoms with Crippen LogP contribution in [0.4, 0.5) is 0 Å². The molecular formula is C8H12O3. The minimum absolute atomic E-state index is 0.0237. The van der Waals surface area contributed by atoms with Crippen molar-refractivity contribution in [1.29, 1.82) is 0 Å². The smallest absolute Gasteiger partial charge is 0.184 e. The first kappa shape index (κ1) is 8.27. The molecule has 1 heterocycles. The second-order valence-electron chi connectivity index (χ2n) is 2.48. The molecule has 0 aromatic rings. The van der Waals surface area contributed by atoms with Crippen molar-refractivity contribution < 1.29 is 14.3 Å². The Balaban J connectivity index is 2.50. The van der Waals surface area contributed by atoms with Crippen molar-refractivity contribution in [1.82, 2.24) is 0 Å². The van der Waals surface area contributed by atoms with Gasteiger partial charge in [0.25, 0.3) is 0 Å². The fourth-order valence-electron chi connectivity index (χ4n) is 0.877. The van der Waals surface area contributed by atoms with Gasteiger partial charge in [-0.3, -0.25) is 4.79 Å². The third kappa shape index (κ3) is 3.18. The fraction of sp³-hybridized carbons (Fsp3) is 0.625. The van der Waals surface area contributed by atoms with Crippen LogP contribution in [0.15, 0.2) is 11.8 Å². The van der Waals surface area contributed by atoms with Crippen LogP contribution in [0.2, 0.25) is 0 Å². The van der Waals surface area contributed by atoms with Crippen molar-refractivity contribution in [2.75, 3.05) is 19.8 Å². The average Bonchev–Trinajstić information content (AvgIpc) is 2.02. The molecule has 62 valence electrons. The second-order valence-corrected chi connectivity index (χ2v) is 2.48. The Morgan fingerprint density at radius 2 is 2.27 bits per heavy atom. The zero-order chi connectivity index (χ0) is 8.10. The third-order valence-corrected chi connectivity index (χ3v) is 1.37. The molecule has 0 saturated heterocycles. The fourth-order valence-corrected chi connectivity index (χ4v) is 0.877. The molecule has 0 atom stereocenters. The van der Waals surface area contributed by atoms with Crippen LogP contribution in [-0.4, -0.2) is 25.6 Å². The lowest BCUT2D eigenvalue weighted by atomic mass is 10.3. The minimum Gasteiger partial charge on any atom is -0.498 e. The van der Waals surface area contributed by atoms with Crippen LogP contribution in [0, 0.1) is 0 Å². The van der Waals surface area contributed by atoms with Crippen LogP contribution in [0.25, 0.3) is 0 Å². The van der Waals surface area contributed by atoms with Gasteiger partial charge in [-0.05, 0) is 6.92 Å². The van der Waals surface area contributed by atoms with Gasteiger partial charge in [-0.1, -0.05) is 0 Å². The molecule has 3 heteroatoms. The van der Waals surface area contributed by atoms with Crippen molar-refractivity contribution in [3.05, 3.63) is 11.8 Å². The van der Waals surface area contributed by atoms with Gasteiger partial charge in [0.1, 0.15) is 6.61 Å². The summed E-state index contributed by atoms with van der Waals surface area (Å²) in [4.78, 5) is 10.9. The second kappa shape index (κ2) is 4.13. The lowest BCUT2D eigenvalue weighted by molar-refractivity contribution is -0.118. The summed E-state index contributed by atoms with van der Waals surface area (Å²) < 4.78 is 10.2. The average molecular weight is 156 g/mol. The molecule has 0 fully saturated rings. The number of ether oxygens (including phenoxy) is 2. The van der Waals surface area contributed by atoms with Crippen molar-refractivity contribution in [2.45, 2.75) is 13.3 Å². The largest absolute Gasteiger partial charge is 0.498 e. The van der Waals surface area contributed by atoms with Gasteiger partial charge in [0.15, 0.2) is 5.78 Å². The summed E-state index contributed by atoms with van der Waals surface area (Å²) in [6.45, 7) is 3.20. The van der Waals surface area contributed by atoms with Gasteiger partial charge < -0.3 is 9.47 Å². The molecular weight excluding hydrogens is 144 g/mol. The molecule has 11 heavy (non-hydrogen) atoms. The number of rotatable bonds is 0. The van der Waals surface area contributed by atoms with Crippen molar-refractivity contribution >= 4 is 5.78 Å². The number of ketones is 1. The van der Waals surface area contributed by atoms with Gasteiger partial charge in [0, 0.05) is 12.5 Å². The summed E-state index contributed by atoms with van der Waals surface area (Å²) in [7, 11) is 0. The Kier molecular flexibility index (Phi) is 3.11. The zero-order valence-corrected chi connectivity index (χ0v) is 6.63. The Morgan fingerprint density at radius 1 is 1.45 bits per heavy atom. The molecule has 0 N–H and O–H groups in total. The standard InChI is InChI=1S/C8H12O3/c1-7-5-8(9)6-10-3-2-4-11-7/h5H,2-4,6H2,1H3/b7-5-. The molecule has 0 radical (unpaired) electrons. The highest BCUT2D eigenvalue weighted by atomic mass is 16.5. The van der Waals surface area contributed by atoms with Gasteiger partial charge >= 0.3 is 0 Å². The first-order chi connectivity index (χ1) is 5.29. The van der Waals surface area contributed by atoms with E-state index in [0.717, 1.165) is 6.42 Å². The molecule has 1 aliphatic rings. The number of carbonyl (C=O) groups excluding carboxylic acids is 1. The van der Waals surface area contributed by atoms with E-state index in [1.54, 1.807) is 6.92 Å². The molecule has 1 aliphatic heterocycles. The lowest BCUT2D eigenvalue weighted by Gasteiger charge is -2.02. The Bertz CT molecular complexity index is 172.